The van der Waals surface area contributed by atoms with E-state index < -0.39 is 14.9 Å². The average molecular weight is 315 g/mol. The summed E-state index contributed by atoms with van der Waals surface area (Å²) in [6.45, 7) is 3.76. The first kappa shape index (κ1) is 17.5. The smallest absolute Gasteiger partial charge is 0.269 e. The van der Waals surface area contributed by atoms with Gasteiger partial charge in [0.1, 0.15) is 0 Å². The van der Waals surface area contributed by atoms with Crippen LogP contribution in [0.3, 0.4) is 0 Å². The van der Waals surface area contributed by atoms with Gasteiger partial charge in [-0.3, -0.25) is 10.1 Å². The van der Waals surface area contributed by atoms with Gasteiger partial charge in [-0.15, -0.1) is 0 Å². The first-order chi connectivity index (χ1) is 9.81. The van der Waals surface area contributed by atoms with Crippen molar-refractivity contribution in [1.82, 2.24) is 4.72 Å². The third kappa shape index (κ3) is 4.76. The van der Waals surface area contributed by atoms with E-state index in [2.05, 4.69) is 4.72 Å². The number of rotatable bonds is 8. The second-order valence-corrected chi connectivity index (χ2v) is 6.59. The lowest BCUT2D eigenvalue weighted by atomic mass is 10.1. The lowest BCUT2D eigenvalue weighted by Crippen LogP contribution is -2.40. The molecule has 8 heteroatoms. The molecule has 1 unspecified atom stereocenters. The Hall–Kier alpha value is -1.51. The molecule has 118 valence electrons. The normalized spacial score (nSPS) is 13.1. The Balaban J connectivity index is 2.99. The summed E-state index contributed by atoms with van der Waals surface area (Å²) < 4.78 is 27.2. The molecular formula is C13H21N3O4S. The van der Waals surface area contributed by atoms with Crippen molar-refractivity contribution in [1.29, 1.82) is 0 Å². The van der Waals surface area contributed by atoms with E-state index in [-0.39, 0.29) is 23.2 Å². The van der Waals surface area contributed by atoms with E-state index in [9.17, 15) is 18.5 Å². The molecule has 0 bridgehead atoms. The van der Waals surface area contributed by atoms with E-state index in [0.29, 0.717) is 12.0 Å². The summed E-state index contributed by atoms with van der Waals surface area (Å²) in [7, 11) is -3.73. The zero-order chi connectivity index (χ0) is 16.0. The van der Waals surface area contributed by atoms with Crippen LogP contribution < -0.4 is 10.5 Å². The fourth-order valence-corrected chi connectivity index (χ4v) is 3.52. The van der Waals surface area contributed by atoms with E-state index in [1.165, 1.54) is 25.1 Å². The minimum atomic E-state index is -3.73. The van der Waals surface area contributed by atoms with Crippen molar-refractivity contribution in [3.05, 3.63) is 33.9 Å². The SMILES string of the molecule is CCCCC(CN)NS(=O)(=O)c1ccc([N+](=O)[O-])cc1C. The van der Waals surface area contributed by atoms with Gasteiger partial charge in [0.25, 0.3) is 5.69 Å². The van der Waals surface area contributed by atoms with Gasteiger partial charge >= 0.3 is 0 Å². The van der Waals surface area contributed by atoms with Gasteiger partial charge in [0.05, 0.1) is 9.82 Å². The molecule has 0 spiro atoms. The van der Waals surface area contributed by atoms with Crippen LogP contribution in [0.25, 0.3) is 0 Å². The van der Waals surface area contributed by atoms with Crippen molar-refractivity contribution in [3.63, 3.8) is 0 Å². The zero-order valence-electron chi connectivity index (χ0n) is 12.2. The highest BCUT2D eigenvalue weighted by Gasteiger charge is 2.22. The highest BCUT2D eigenvalue weighted by molar-refractivity contribution is 7.89. The maximum Gasteiger partial charge on any atom is 0.269 e. The maximum absolute atomic E-state index is 12.3. The predicted molar refractivity (Wildman–Crippen MR) is 80.5 cm³/mol. The number of non-ortho nitro benzene ring substituents is 1. The zero-order valence-corrected chi connectivity index (χ0v) is 13.0. The van der Waals surface area contributed by atoms with Gasteiger partial charge in [0, 0.05) is 24.7 Å². The molecule has 1 atom stereocenters. The van der Waals surface area contributed by atoms with Crippen molar-refractivity contribution in [2.45, 2.75) is 44.0 Å². The summed E-state index contributed by atoms with van der Waals surface area (Å²) >= 11 is 0. The molecule has 0 heterocycles. The van der Waals surface area contributed by atoms with Gasteiger partial charge in [-0.1, -0.05) is 19.8 Å². The Morgan fingerprint density at radius 2 is 2.10 bits per heavy atom. The Kier molecular flexibility index (Phi) is 6.25. The fourth-order valence-electron chi connectivity index (χ4n) is 2.01. The molecule has 0 saturated carbocycles. The number of aryl methyl sites for hydroxylation is 1. The van der Waals surface area contributed by atoms with Gasteiger partial charge in [-0.2, -0.15) is 0 Å². The van der Waals surface area contributed by atoms with Crippen molar-refractivity contribution in [3.8, 4) is 0 Å². The molecule has 21 heavy (non-hydrogen) atoms. The van der Waals surface area contributed by atoms with Crippen LogP contribution in [0.15, 0.2) is 23.1 Å². The number of nitro groups is 1. The highest BCUT2D eigenvalue weighted by Crippen LogP contribution is 2.21. The molecule has 0 aromatic heterocycles. The molecule has 0 aliphatic carbocycles. The number of sulfonamides is 1. The molecule has 0 saturated heterocycles. The van der Waals surface area contributed by atoms with Crippen molar-refractivity contribution >= 4 is 15.7 Å². The number of hydrogen-bond donors (Lipinski definition) is 2. The Morgan fingerprint density at radius 1 is 1.43 bits per heavy atom. The van der Waals surface area contributed by atoms with Crippen molar-refractivity contribution in [2.24, 2.45) is 5.73 Å². The second kappa shape index (κ2) is 7.48. The average Bonchev–Trinajstić information content (AvgIpc) is 2.42. The maximum atomic E-state index is 12.3. The van der Waals surface area contributed by atoms with Gasteiger partial charge in [-0.25, -0.2) is 13.1 Å². The topological polar surface area (TPSA) is 115 Å². The van der Waals surface area contributed by atoms with E-state index in [0.717, 1.165) is 12.8 Å². The number of nitrogens with two attached hydrogens (primary N) is 1. The highest BCUT2D eigenvalue weighted by atomic mass is 32.2. The largest absolute Gasteiger partial charge is 0.329 e. The first-order valence-electron chi connectivity index (χ1n) is 6.79. The monoisotopic (exact) mass is 315 g/mol. The molecule has 0 aliphatic heterocycles. The Morgan fingerprint density at radius 3 is 2.57 bits per heavy atom. The molecule has 3 N–H and O–H groups in total. The molecule has 0 amide bonds. The van der Waals surface area contributed by atoms with E-state index in [1.54, 1.807) is 0 Å². The third-order valence-electron chi connectivity index (χ3n) is 3.17. The first-order valence-corrected chi connectivity index (χ1v) is 8.27. The Labute approximate surface area is 124 Å². The Bertz CT molecular complexity index is 601. The molecule has 0 radical (unpaired) electrons. The van der Waals surface area contributed by atoms with Gasteiger partial charge in [-0.05, 0) is 25.0 Å². The minimum absolute atomic E-state index is 0.0445. The van der Waals surface area contributed by atoms with Gasteiger partial charge in [0.15, 0.2) is 0 Å². The van der Waals surface area contributed by atoms with Crippen LogP contribution >= 0.6 is 0 Å². The molecule has 1 aromatic carbocycles. The van der Waals surface area contributed by atoms with Crippen LogP contribution in [0.2, 0.25) is 0 Å². The summed E-state index contributed by atoms with van der Waals surface area (Å²) in [4.78, 5) is 10.2. The summed E-state index contributed by atoms with van der Waals surface area (Å²) in [6.07, 6.45) is 2.50. The standard InChI is InChI=1S/C13H21N3O4S/c1-3-4-5-11(9-14)15-21(19,20)13-7-6-12(16(17)18)8-10(13)2/h6-8,11,15H,3-5,9,14H2,1-2H3. The van der Waals surface area contributed by atoms with Crippen molar-refractivity contribution in [2.75, 3.05) is 6.54 Å². The van der Waals surface area contributed by atoms with E-state index >= 15 is 0 Å². The van der Waals surface area contributed by atoms with Gasteiger partial charge in [0.2, 0.25) is 10.0 Å². The second-order valence-electron chi connectivity index (χ2n) is 4.90. The predicted octanol–water partition coefficient (Wildman–Crippen LogP) is 1.70. The summed E-state index contributed by atoms with van der Waals surface area (Å²) in [5.74, 6) is 0. The molecule has 0 aliphatic rings. The summed E-state index contributed by atoms with van der Waals surface area (Å²) in [6, 6.07) is 3.36. The van der Waals surface area contributed by atoms with Crippen LogP contribution in [0.4, 0.5) is 5.69 Å². The number of unbranched alkanes of at least 4 members (excludes halogenated alkanes) is 1. The van der Waals surface area contributed by atoms with Crippen LogP contribution in [0, 0.1) is 17.0 Å². The van der Waals surface area contributed by atoms with Crippen LogP contribution in [-0.2, 0) is 10.0 Å². The number of hydrogen-bond acceptors (Lipinski definition) is 5. The van der Waals surface area contributed by atoms with E-state index in [4.69, 9.17) is 5.73 Å². The van der Waals surface area contributed by atoms with Crippen LogP contribution in [0.5, 0.6) is 0 Å². The minimum Gasteiger partial charge on any atom is -0.329 e. The number of nitrogens with one attached hydrogen (secondary N) is 1. The van der Waals surface area contributed by atoms with E-state index in [1.807, 2.05) is 6.92 Å². The fraction of sp³-hybridized carbons (Fsp3) is 0.538. The lowest BCUT2D eigenvalue weighted by Gasteiger charge is -2.17. The molecule has 0 fully saturated rings. The van der Waals surface area contributed by atoms with Crippen LogP contribution in [-0.4, -0.2) is 25.9 Å². The molecule has 1 rings (SSSR count). The quantitative estimate of drug-likeness (QED) is 0.559. The molecule has 7 nitrogen and oxygen atoms in total. The molecule has 1 aromatic rings. The van der Waals surface area contributed by atoms with Gasteiger partial charge < -0.3 is 5.73 Å². The number of benzene rings is 1. The summed E-state index contributed by atoms with van der Waals surface area (Å²) in [5, 5.41) is 10.7. The number of nitro benzene ring substituents is 1. The lowest BCUT2D eigenvalue weighted by molar-refractivity contribution is -0.385. The van der Waals surface area contributed by atoms with Crippen molar-refractivity contribution < 1.29 is 13.3 Å². The van der Waals surface area contributed by atoms with Crippen LogP contribution in [0.1, 0.15) is 31.7 Å². The summed E-state index contributed by atoms with van der Waals surface area (Å²) in [5.41, 5.74) is 5.79. The number of nitrogens with zero attached hydrogens (tertiary/aromatic N) is 1. The molecular weight excluding hydrogens is 294 g/mol. The third-order valence-corrected chi connectivity index (χ3v) is 4.85.